The number of imide groups is 1. The van der Waals surface area contributed by atoms with Crippen molar-refractivity contribution < 1.29 is 18.8 Å². The fraction of sp³-hybridized carbons (Fsp3) is 0.690. The Morgan fingerprint density at radius 2 is 1.74 bits per heavy atom. The summed E-state index contributed by atoms with van der Waals surface area (Å²) in [6.45, 7) is 4.73. The Hall–Kier alpha value is -2.19. The van der Waals surface area contributed by atoms with Gasteiger partial charge in [0, 0.05) is 37.6 Å². The number of carbonyl (C=O) groups excluding carboxylic acids is 3. The Labute approximate surface area is 231 Å². The van der Waals surface area contributed by atoms with Crippen molar-refractivity contribution in [2.45, 2.75) is 108 Å². The molecule has 210 valence electrons. The van der Waals surface area contributed by atoms with E-state index < -0.39 is 5.54 Å². The lowest BCUT2D eigenvalue weighted by molar-refractivity contribution is -0.137. The number of piperidine rings is 1. The Kier molecular flexibility index (Phi) is 8.72. The minimum Gasteiger partial charge on any atom is -0.349 e. The number of carbonyl (C=O) groups is 3. The second kappa shape index (κ2) is 11.5. The molecule has 3 heterocycles. The van der Waals surface area contributed by atoms with Crippen molar-refractivity contribution in [1.82, 2.24) is 20.0 Å². The van der Waals surface area contributed by atoms with Gasteiger partial charge in [-0.1, -0.05) is 31.4 Å². The van der Waals surface area contributed by atoms with E-state index >= 15 is 0 Å². The van der Waals surface area contributed by atoms with Gasteiger partial charge in [-0.05, 0) is 76.5 Å². The van der Waals surface area contributed by atoms with Crippen LogP contribution in [0.15, 0.2) is 24.3 Å². The van der Waals surface area contributed by atoms with Crippen LogP contribution < -0.4 is 5.32 Å². The van der Waals surface area contributed by atoms with Gasteiger partial charge in [0.15, 0.2) is 0 Å². The lowest BCUT2D eigenvalue weighted by atomic mass is 9.80. The summed E-state index contributed by atoms with van der Waals surface area (Å²) in [6.07, 6.45) is 9.20. The van der Waals surface area contributed by atoms with E-state index in [9.17, 15) is 18.8 Å². The molecule has 1 aromatic rings. The molecule has 3 atom stereocenters. The molecule has 1 saturated carbocycles. The minimum atomic E-state index is -0.751. The lowest BCUT2D eigenvalue weighted by Crippen LogP contribution is -2.61. The van der Waals surface area contributed by atoms with Gasteiger partial charge >= 0.3 is 6.03 Å². The third kappa shape index (κ3) is 5.18. The number of likely N-dealkylation sites (N-methyl/N-ethyl adjacent to an activating group) is 1. The van der Waals surface area contributed by atoms with E-state index in [1.54, 1.807) is 13.1 Å². The lowest BCUT2D eigenvalue weighted by Gasteiger charge is -2.48. The number of nitrogens with zero attached hydrogens (tertiary/aromatic N) is 3. The van der Waals surface area contributed by atoms with Gasteiger partial charge in [0.2, 0.25) is 5.91 Å². The predicted octanol–water partition coefficient (Wildman–Crippen LogP) is 5.04. The summed E-state index contributed by atoms with van der Waals surface area (Å²) >= 11 is 0. The highest BCUT2D eigenvalue weighted by atomic mass is 35.5. The zero-order valence-electron chi connectivity index (χ0n) is 22.8. The molecule has 3 saturated heterocycles. The van der Waals surface area contributed by atoms with Crippen LogP contribution in [0, 0.1) is 11.7 Å². The molecular weight excluding hydrogens is 507 g/mol. The van der Waals surface area contributed by atoms with Crippen LogP contribution in [0.25, 0.3) is 0 Å². The van der Waals surface area contributed by atoms with Gasteiger partial charge in [-0.2, -0.15) is 0 Å². The first-order valence-electron chi connectivity index (χ1n) is 14.1. The summed E-state index contributed by atoms with van der Waals surface area (Å²) in [6, 6.07) is 6.51. The molecule has 4 fully saturated rings. The molecule has 1 aliphatic carbocycles. The summed E-state index contributed by atoms with van der Waals surface area (Å²) in [4.78, 5) is 45.0. The normalized spacial score (nSPS) is 28.8. The molecule has 0 aromatic heterocycles. The molecule has 0 radical (unpaired) electrons. The largest absolute Gasteiger partial charge is 0.349 e. The van der Waals surface area contributed by atoms with Gasteiger partial charge in [-0.25, -0.2) is 9.18 Å². The van der Waals surface area contributed by atoms with E-state index in [0.717, 1.165) is 50.6 Å². The summed E-state index contributed by atoms with van der Waals surface area (Å²) in [5.41, 5.74) is 0.0496. The number of benzene rings is 1. The van der Waals surface area contributed by atoms with E-state index in [0.29, 0.717) is 19.3 Å². The zero-order valence-corrected chi connectivity index (χ0v) is 23.6. The maximum Gasteiger partial charge on any atom is 0.327 e. The van der Waals surface area contributed by atoms with Gasteiger partial charge in [0.05, 0.1) is 6.04 Å². The second-order valence-electron chi connectivity index (χ2n) is 11.9. The number of rotatable bonds is 7. The molecule has 38 heavy (non-hydrogen) atoms. The SMILES string of the molecule is CC(C)N1C(=O)N(C)C(=O)C12CC1CCC(C2)N1CC[C@H](NC(=O)C1CCCCC1)c1cccc(F)c1.Cl. The van der Waals surface area contributed by atoms with Gasteiger partial charge in [0.25, 0.3) is 5.91 Å². The third-order valence-electron chi connectivity index (χ3n) is 9.31. The summed E-state index contributed by atoms with van der Waals surface area (Å²) < 4.78 is 14.1. The monoisotopic (exact) mass is 548 g/mol. The smallest absolute Gasteiger partial charge is 0.327 e. The van der Waals surface area contributed by atoms with Gasteiger partial charge in [-0.15, -0.1) is 12.4 Å². The molecule has 4 aliphatic rings. The van der Waals surface area contributed by atoms with Crippen molar-refractivity contribution in [3.05, 3.63) is 35.6 Å². The first-order valence-corrected chi connectivity index (χ1v) is 14.1. The fourth-order valence-electron chi connectivity index (χ4n) is 7.59. The Balaban J connectivity index is 0.00000336. The molecule has 9 heteroatoms. The molecule has 7 nitrogen and oxygen atoms in total. The number of nitrogens with one attached hydrogen (secondary N) is 1. The van der Waals surface area contributed by atoms with Gasteiger partial charge in [0.1, 0.15) is 11.4 Å². The molecular formula is C29H42ClFN4O3. The van der Waals surface area contributed by atoms with E-state index in [2.05, 4.69) is 10.2 Å². The maximum atomic E-state index is 14.1. The Morgan fingerprint density at radius 3 is 2.34 bits per heavy atom. The topological polar surface area (TPSA) is 73.0 Å². The van der Waals surface area contributed by atoms with Crippen molar-refractivity contribution in [2.24, 2.45) is 5.92 Å². The number of fused-ring (bicyclic) bond motifs is 2. The summed E-state index contributed by atoms with van der Waals surface area (Å²) in [5, 5.41) is 3.26. The van der Waals surface area contributed by atoms with E-state index in [1.165, 1.54) is 23.5 Å². The zero-order chi connectivity index (χ0) is 26.3. The van der Waals surface area contributed by atoms with Crippen LogP contribution in [0.3, 0.4) is 0 Å². The predicted molar refractivity (Wildman–Crippen MR) is 146 cm³/mol. The summed E-state index contributed by atoms with van der Waals surface area (Å²) in [5.74, 6) is -0.238. The number of hydrogen-bond acceptors (Lipinski definition) is 4. The van der Waals surface area contributed by atoms with Crippen molar-refractivity contribution in [3.63, 3.8) is 0 Å². The average Bonchev–Trinajstić information content (AvgIpc) is 3.23. The molecule has 1 N–H and O–H groups in total. The van der Waals surface area contributed by atoms with E-state index in [1.807, 2.05) is 24.8 Å². The van der Waals surface area contributed by atoms with Crippen LogP contribution in [-0.2, 0) is 9.59 Å². The fourth-order valence-corrected chi connectivity index (χ4v) is 7.59. The third-order valence-corrected chi connectivity index (χ3v) is 9.31. The van der Waals surface area contributed by atoms with Crippen LogP contribution in [-0.4, -0.2) is 69.8 Å². The standard InChI is InChI=1S/C29H41FN4O3.ClH/c1-19(2)34-28(37)32(3)27(36)29(34)17-23-12-13-24(18-29)33(23)15-14-25(21-10-7-11-22(30)16-21)31-26(35)20-8-5-4-6-9-20;/h7,10-11,16,19-20,23-25H,4-6,8-9,12-15,17-18H2,1-3H3,(H,31,35);1H/t23?,24?,25-,29?;/m0./s1. The van der Waals surface area contributed by atoms with Gasteiger partial charge < -0.3 is 10.2 Å². The first-order chi connectivity index (χ1) is 17.7. The first kappa shape index (κ1) is 28.8. The maximum absolute atomic E-state index is 14.1. The highest BCUT2D eigenvalue weighted by molar-refractivity contribution is 6.07. The van der Waals surface area contributed by atoms with Crippen LogP contribution >= 0.6 is 12.4 Å². The average molecular weight is 549 g/mol. The van der Waals surface area contributed by atoms with Crippen LogP contribution in [0.1, 0.15) is 89.7 Å². The summed E-state index contributed by atoms with van der Waals surface area (Å²) in [7, 11) is 1.60. The minimum absolute atomic E-state index is 0. The number of halogens is 2. The highest BCUT2D eigenvalue weighted by Crippen LogP contribution is 2.48. The Morgan fingerprint density at radius 1 is 1.08 bits per heavy atom. The number of amides is 4. The van der Waals surface area contributed by atoms with Crippen molar-refractivity contribution in [3.8, 4) is 0 Å². The molecule has 1 aromatic carbocycles. The van der Waals surface area contributed by atoms with Gasteiger partial charge in [-0.3, -0.25) is 19.4 Å². The molecule has 5 rings (SSSR count). The second-order valence-corrected chi connectivity index (χ2v) is 11.9. The van der Waals surface area contributed by atoms with Crippen molar-refractivity contribution >= 4 is 30.3 Å². The molecule has 2 unspecified atom stereocenters. The van der Waals surface area contributed by atoms with Crippen LogP contribution in [0.4, 0.5) is 9.18 Å². The molecule has 1 spiro atoms. The van der Waals surface area contributed by atoms with Crippen molar-refractivity contribution in [1.29, 1.82) is 0 Å². The van der Waals surface area contributed by atoms with Crippen LogP contribution in [0.5, 0.6) is 0 Å². The highest BCUT2D eigenvalue weighted by Gasteiger charge is 2.62. The molecule has 3 aliphatic heterocycles. The quantitative estimate of drug-likeness (QED) is 0.484. The van der Waals surface area contributed by atoms with Crippen molar-refractivity contribution in [2.75, 3.05) is 13.6 Å². The Bertz CT molecular complexity index is 1030. The molecule has 4 amide bonds. The molecule has 2 bridgehead atoms. The van der Waals surface area contributed by atoms with E-state index in [4.69, 9.17) is 0 Å². The van der Waals surface area contributed by atoms with Crippen LogP contribution in [0.2, 0.25) is 0 Å². The number of hydrogen-bond donors (Lipinski definition) is 1. The van der Waals surface area contributed by atoms with E-state index in [-0.39, 0.29) is 66.2 Å². The number of urea groups is 1.